The Balaban J connectivity index is 1.52. The van der Waals surface area contributed by atoms with Crippen LogP contribution in [0.1, 0.15) is 37.3 Å². The molecule has 3 aliphatic rings. The summed E-state index contributed by atoms with van der Waals surface area (Å²) in [6.45, 7) is 10.7. The molecule has 1 N–H and O–H groups in total. The van der Waals surface area contributed by atoms with Crippen molar-refractivity contribution in [2.45, 2.75) is 63.1 Å². The van der Waals surface area contributed by atoms with E-state index in [0.717, 1.165) is 11.1 Å². The Morgan fingerprint density at radius 2 is 1.55 bits per heavy atom. The van der Waals surface area contributed by atoms with Crippen molar-refractivity contribution in [3.05, 3.63) is 97.1 Å². The van der Waals surface area contributed by atoms with E-state index in [2.05, 4.69) is 13.2 Å². The van der Waals surface area contributed by atoms with E-state index < -0.39 is 35.6 Å². The van der Waals surface area contributed by atoms with E-state index in [1.165, 1.54) is 0 Å². The van der Waals surface area contributed by atoms with Crippen LogP contribution in [0.2, 0.25) is 0 Å². The molecule has 1 spiro atoms. The summed E-state index contributed by atoms with van der Waals surface area (Å²) in [5.41, 5.74) is 0.800. The molecule has 2 bridgehead atoms. The minimum Gasteiger partial charge on any atom is -0.394 e. The lowest BCUT2D eigenvalue weighted by atomic mass is 9.70. The summed E-state index contributed by atoms with van der Waals surface area (Å²) in [5.74, 6) is -2.22. The first-order valence-electron chi connectivity index (χ1n) is 14.9. The van der Waals surface area contributed by atoms with Gasteiger partial charge in [0.05, 0.1) is 30.6 Å². The zero-order valence-corrected chi connectivity index (χ0v) is 24.3. The van der Waals surface area contributed by atoms with Gasteiger partial charge in [0.1, 0.15) is 11.6 Å². The molecule has 3 saturated heterocycles. The molecule has 0 radical (unpaired) electrons. The number of amides is 3. The van der Waals surface area contributed by atoms with Crippen molar-refractivity contribution in [1.82, 2.24) is 14.7 Å². The molecule has 6 atom stereocenters. The van der Waals surface area contributed by atoms with Crippen molar-refractivity contribution in [1.29, 1.82) is 0 Å². The summed E-state index contributed by atoms with van der Waals surface area (Å²) in [7, 11) is 0. The van der Waals surface area contributed by atoms with Crippen LogP contribution < -0.4 is 0 Å². The number of rotatable bonds is 13. The molecule has 0 saturated carbocycles. The smallest absolute Gasteiger partial charge is 0.249 e. The van der Waals surface area contributed by atoms with Crippen LogP contribution >= 0.6 is 0 Å². The molecule has 2 aromatic rings. The SMILES string of the molecule is C=CCN(Cc1ccccc1)C(=O)C1N([C@@H](CC)CO)C(=O)[C@@H]2[C@@H](C(=O)N(CC=C)Cc3ccccc3)[C@H]3CCC12O3. The summed E-state index contributed by atoms with van der Waals surface area (Å²) in [5, 5.41) is 10.3. The van der Waals surface area contributed by atoms with Crippen LogP contribution in [0.4, 0.5) is 0 Å². The zero-order valence-electron chi connectivity index (χ0n) is 24.3. The number of ether oxygens (including phenoxy) is 1. The molecule has 8 heteroatoms. The van der Waals surface area contributed by atoms with Gasteiger partial charge in [-0.05, 0) is 30.4 Å². The molecule has 2 unspecified atom stereocenters. The standard InChI is InChI=1S/C34H41N3O5/c1-4-19-35(21-24-13-9-7-10-14-24)31(39)28-27-17-18-34(42-27)29(28)32(40)37(26(6-3)23-38)30(34)33(41)36(20-5-2)22-25-15-11-8-12-16-25/h4-5,7-16,26-30,38H,1-2,6,17-23H2,3H3/t26-,27+,28-,29-,30?,34?/m0/s1. The van der Waals surface area contributed by atoms with Gasteiger partial charge in [0.15, 0.2) is 0 Å². The lowest BCUT2D eigenvalue weighted by molar-refractivity contribution is -0.152. The first kappa shape index (κ1) is 29.7. The number of aliphatic hydroxyl groups is 1. The number of aliphatic hydroxyl groups excluding tert-OH is 1. The highest BCUT2D eigenvalue weighted by Gasteiger charge is 2.75. The normalized spacial score (nSPS) is 26.5. The molecule has 3 heterocycles. The van der Waals surface area contributed by atoms with E-state index in [9.17, 15) is 19.5 Å². The second kappa shape index (κ2) is 12.6. The summed E-state index contributed by atoms with van der Waals surface area (Å²) in [6, 6.07) is 17.9. The van der Waals surface area contributed by atoms with Crippen molar-refractivity contribution in [3.8, 4) is 0 Å². The molecule has 2 aromatic carbocycles. The van der Waals surface area contributed by atoms with E-state index in [-0.39, 0.29) is 24.3 Å². The minimum atomic E-state index is -1.13. The zero-order chi connectivity index (χ0) is 29.9. The van der Waals surface area contributed by atoms with Crippen LogP contribution in [0.25, 0.3) is 0 Å². The van der Waals surface area contributed by atoms with E-state index in [4.69, 9.17) is 4.74 Å². The highest BCUT2D eigenvalue weighted by Crippen LogP contribution is 2.59. The summed E-state index contributed by atoms with van der Waals surface area (Å²) in [4.78, 5) is 48.1. The van der Waals surface area contributed by atoms with Crippen LogP contribution in [0.3, 0.4) is 0 Å². The van der Waals surface area contributed by atoms with Gasteiger partial charge in [0.2, 0.25) is 17.7 Å². The van der Waals surface area contributed by atoms with Crippen molar-refractivity contribution in [2.75, 3.05) is 19.7 Å². The number of likely N-dealkylation sites (tertiary alicyclic amines) is 1. The monoisotopic (exact) mass is 571 g/mol. The largest absolute Gasteiger partial charge is 0.394 e. The molecule has 222 valence electrons. The first-order valence-corrected chi connectivity index (χ1v) is 14.9. The van der Waals surface area contributed by atoms with Gasteiger partial charge in [-0.2, -0.15) is 0 Å². The fourth-order valence-corrected chi connectivity index (χ4v) is 7.23. The Labute approximate surface area is 248 Å². The van der Waals surface area contributed by atoms with Gasteiger partial charge >= 0.3 is 0 Å². The second-order valence-electron chi connectivity index (χ2n) is 11.5. The van der Waals surface area contributed by atoms with Crippen LogP contribution in [0.5, 0.6) is 0 Å². The van der Waals surface area contributed by atoms with Gasteiger partial charge in [0.25, 0.3) is 0 Å². The third kappa shape index (κ3) is 5.18. The molecule has 0 aromatic heterocycles. The molecular weight excluding hydrogens is 530 g/mol. The highest BCUT2D eigenvalue weighted by molar-refractivity contribution is 5.99. The van der Waals surface area contributed by atoms with Gasteiger partial charge in [-0.1, -0.05) is 79.7 Å². The number of hydrogen-bond donors (Lipinski definition) is 1. The number of carbonyl (C=O) groups is 3. The van der Waals surface area contributed by atoms with Gasteiger partial charge in [-0.25, -0.2) is 0 Å². The molecule has 3 aliphatic heterocycles. The van der Waals surface area contributed by atoms with E-state index in [1.54, 1.807) is 26.9 Å². The average Bonchev–Trinajstić information content (AvgIpc) is 3.65. The number of fused-ring (bicyclic) bond motifs is 1. The minimum absolute atomic E-state index is 0.166. The van der Waals surface area contributed by atoms with Crippen molar-refractivity contribution >= 4 is 17.7 Å². The number of nitrogens with zero attached hydrogens (tertiary/aromatic N) is 3. The molecule has 3 amide bonds. The Kier molecular flexibility index (Phi) is 8.94. The topological polar surface area (TPSA) is 90.4 Å². The summed E-state index contributed by atoms with van der Waals surface area (Å²) < 4.78 is 6.66. The maximum Gasteiger partial charge on any atom is 0.249 e. The molecule has 0 aliphatic carbocycles. The van der Waals surface area contributed by atoms with Crippen LogP contribution in [0, 0.1) is 11.8 Å². The van der Waals surface area contributed by atoms with Crippen molar-refractivity contribution in [3.63, 3.8) is 0 Å². The molecule has 42 heavy (non-hydrogen) atoms. The maximum absolute atomic E-state index is 14.5. The number of carbonyl (C=O) groups excluding carboxylic acids is 3. The third-order valence-electron chi connectivity index (χ3n) is 9.09. The molecule has 5 rings (SSSR count). The Hall–Kier alpha value is -3.75. The predicted molar refractivity (Wildman–Crippen MR) is 160 cm³/mol. The highest BCUT2D eigenvalue weighted by atomic mass is 16.5. The summed E-state index contributed by atoms with van der Waals surface area (Å²) >= 11 is 0. The lowest BCUT2D eigenvalue weighted by Gasteiger charge is -2.39. The molecule has 3 fully saturated rings. The summed E-state index contributed by atoms with van der Waals surface area (Å²) in [6.07, 6.45) is 4.46. The van der Waals surface area contributed by atoms with Gasteiger partial charge in [-0.15, -0.1) is 13.2 Å². The predicted octanol–water partition coefficient (Wildman–Crippen LogP) is 3.56. The van der Waals surface area contributed by atoms with Gasteiger partial charge < -0.3 is 24.5 Å². The van der Waals surface area contributed by atoms with Crippen LogP contribution in [-0.4, -0.2) is 81.0 Å². The third-order valence-corrected chi connectivity index (χ3v) is 9.09. The quantitative estimate of drug-likeness (QED) is 0.372. The Bertz CT molecular complexity index is 1300. The van der Waals surface area contributed by atoms with E-state index >= 15 is 0 Å². The fourth-order valence-electron chi connectivity index (χ4n) is 7.23. The van der Waals surface area contributed by atoms with Crippen LogP contribution in [0.15, 0.2) is 86.0 Å². The first-order chi connectivity index (χ1) is 20.4. The molecule has 8 nitrogen and oxygen atoms in total. The van der Waals surface area contributed by atoms with Gasteiger partial charge in [-0.3, -0.25) is 14.4 Å². The van der Waals surface area contributed by atoms with E-state index in [0.29, 0.717) is 45.4 Å². The Morgan fingerprint density at radius 3 is 2.05 bits per heavy atom. The average molecular weight is 572 g/mol. The number of hydrogen-bond acceptors (Lipinski definition) is 5. The van der Waals surface area contributed by atoms with Crippen molar-refractivity contribution in [2.24, 2.45) is 11.8 Å². The maximum atomic E-state index is 14.5. The van der Waals surface area contributed by atoms with Gasteiger partial charge in [0, 0.05) is 26.2 Å². The van der Waals surface area contributed by atoms with E-state index in [1.807, 2.05) is 67.6 Å². The second-order valence-corrected chi connectivity index (χ2v) is 11.5. The fraction of sp³-hybridized carbons (Fsp3) is 0.441. The number of benzene rings is 2. The Morgan fingerprint density at radius 1 is 1.00 bits per heavy atom. The van der Waals surface area contributed by atoms with Crippen molar-refractivity contribution < 1.29 is 24.2 Å². The van der Waals surface area contributed by atoms with Crippen LogP contribution in [-0.2, 0) is 32.2 Å². The lowest BCUT2D eigenvalue weighted by Crippen LogP contribution is -2.58. The molecular formula is C34H41N3O5.